The third-order valence-corrected chi connectivity index (χ3v) is 6.19. The molecule has 4 rings (SSSR count). The normalized spacial score (nSPS) is 18.3. The van der Waals surface area contributed by atoms with Crippen LogP contribution in [0.25, 0.3) is 0 Å². The van der Waals surface area contributed by atoms with E-state index in [9.17, 15) is 14.4 Å². The van der Waals surface area contributed by atoms with Crippen molar-refractivity contribution in [1.82, 2.24) is 9.23 Å². The van der Waals surface area contributed by atoms with Gasteiger partial charge in [-0.05, 0) is 19.4 Å². The van der Waals surface area contributed by atoms with Crippen molar-refractivity contribution >= 4 is 37.4 Å². The van der Waals surface area contributed by atoms with E-state index < -0.39 is 0 Å². The predicted molar refractivity (Wildman–Crippen MR) is 99.0 cm³/mol. The van der Waals surface area contributed by atoms with Crippen molar-refractivity contribution in [1.29, 1.82) is 0 Å². The zero-order valence-corrected chi connectivity index (χ0v) is 15.8. The molecule has 1 fully saturated rings. The minimum absolute atomic E-state index is 0.0463. The summed E-state index contributed by atoms with van der Waals surface area (Å²) < 4.78 is 2.37. The average molecular weight is 416 g/mol. The molecule has 0 aliphatic carbocycles. The second kappa shape index (κ2) is 8.27. The van der Waals surface area contributed by atoms with E-state index in [1.54, 1.807) is 24.3 Å². The van der Waals surface area contributed by atoms with Gasteiger partial charge in [0.05, 0.1) is 6.04 Å². The number of carbonyl (C=O) groups excluding carboxylic acids is 3. The Morgan fingerprint density at radius 1 is 1.00 bits per heavy atom. The van der Waals surface area contributed by atoms with Crippen molar-refractivity contribution in [2.45, 2.75) is 18.9 Å². The third kappa shape index (κ3) is 4.02. The molecule has 26 heavy (non-hydrogen) atoms. The molecule has 7 heteroatoms. The molecule has 0 spiro atoms. The molecule has 134 valence electrons. The first kappa shape index (κ1) is 18.3. The first-order valence-electron chi connectivity index (χ1n) is 8.31. The van der Waals surface area contributed by atoms with E-state index in [0.29, 0.717) is 11.1 Å². The van der Waals surface area contributed by atoms with Gasteiger partial charge in [0.2, 0.25) is 5.91 Å². The fourth-order valence-electron chi connectivity index (χ4n) is 2.76. The van der Waals surface area contributed by atoms with Crippen LogP contribution in [0.1, 0.15) is 33.6 Å². The summed E-state index contributed by atoms with van der Waals surface area (Å²) in [6.45, 7) is 0.938. The molecular weight excluding hydrogens is 397 g/mol. The summed E-state index contributed by atoms with van der Waals surface area (Å²) in [4.78, 5) is 34.6. The van der Waals surface area contributed by atoms with E-state index in [0.717, 1.165) is 23.8 Å². The van der Waals surface area contributed by atoms with Crippen LogP contribution in [0.5, 0.6) is 0 Å². The number of nitrogens with two attached hydrogens (primary N) is 1. The van der Waals surface area contributed by atoms with E-state index >= 15 is 0 Å². The minimum atomic E-state index is -0.297. The molecule has 0 bridgehead atoms. The van der Waals surface area contributed by atoms with Crippen LogP contribution in [-0.4, -0.2) is 49.4 Å². The number of carbonyl (C=O) groups is 3. The molecule has 2 aliphatic heterocycles. The zero-order chi connectivity index (χ0) is 18.5. The summed E-state index contributed by atoms with van der Waals surface area (Å²) in [5.41, 5.74) is 6.02. The number of nitrogens with one attached hydrogen (secondary N) is 1. The van der Waals surface area contributed by atoms with Gasteiger partial charge in [-0.25, -0.2) is 0 Å². The van der Waals surface area contributed by atoms with Crippen molar-refractivity contribution in [3.05, 3.63) is 65.7 Å². The molecule has 0 saturated carbocycles. The van der Waals surface area contributed by atoms with Crippen LogP contribution >= 0.6 is 0 Å². The maximum absolute atomic E-state index is 12.1. The van der Waals surface area contributed by atoms with Crippen molar-refractivity contribution in [2.24, 2.45) is 5.73 Å². The Hall–Kier alpha value is -2.47. The van der Waals surface area contributed by atoms with Crippen LogP contribution in [-0.2, 0) is 4.79 Å². The Labute approximate surface area is 158 Å². The first-order valence-corrected chi connectivity index (χ1v) is 9.93. The van der Waals surface area contributed by atoms with Crippen LogP contribution in [0.4, 0.5) is 0 Å². The van der Waals surface area contributed by atoms with Gasteiger partial charge in [0.1, 0.15) is 0 Å². The monoisotopic (exact) mass is 417 g/mol. The average Bonchev–Trinajstić information content (AvgIpc) is 3.28. The molecule has 2 aliphatic rings. The van der Waals surface area contributed by atoms with Crippen molar-refractivity contribution in [2.75, 3.05) is 6.54 Å². The Balaban J connectivity index is 0.000000206. The number of benzene rings is 2. The molecule has 2 aromatic carbocycles. The number of imide groups is 1. The van der Waals surface area contributed by atoms with Gasteiger partial charge in [0.15, 0.2) is 0 Å². The summed E-state index contributed by atoms with van der Waals surface area (Å²) in [5.74, 6) is -0.582. The summed E-state index contributed by atoms with van der Waals surface area (Å²) in [7, 11) is 0. The molecular formula is C19H19N3O3Se. The van der Waals surface area contributed by atoms with E-state index in [2.05, 4.69) is 5.32 Å². The fourth-order valence-corrected chi connectivity index (χ4v) is 4.55. The zero-order valence-electron chi connectivity index (χ0n) is 14.1. The molecule has 3 amide bonds. The molecule has 0 radical (unpaired) electrons. The summed E-state index contributed by atoms with van der Waals surface area (Å²) in [5, 5.41) is 2.98. The molecule has 0 aromatic heterocycles. The van der Waals surface area contributed by atoms with Crippen molar-refractivity contribution in [3.8, 4) is 0 Å². The molecule has 2 heterocycles. The molecule has 6 nitrogen and oxygen atoms in total. The van der Waals surface area contributed by atoms with Gasteiger partial charge in [-0.3, -0.25) is 4.79 Å². The quantitative estimate of drug-likeness (QED) is 0.562. The molecule has 2 aromatic rings. The number of hydrogen-bond acceptors (Lipinski definition) is 4. The number of hydrogen-bond donors (Lipinski definition) is 2. The van der Waals surface area contributed by atoms with Gasteiger partial charge in [-0.15, -0.1) is 0 Å². The van der Waals surface area contributed by atoms with Crippen LogP contribution < -0.4 is 15.5 Å². The number of amides is 3. The Morgan fingerprint density at radius 2 is 1.58 bits per heavy atom. The second-order valence-corrected chi connectivity index (χ2v) is 8.04. The number of rotatable bonds is 3. The van der Waals surface area contributed by atoms with E-state index in [1.165, 1.54) is 3.92 Å². The Bertz CT molecular complexity index is 785. The summed E-state index contributed by atoms with van der Waals surface area (Å²) in [6.07, 6.45) is 1.99. The predicted octanol–water partition coefficient (Wildman–Crippen LogP) is 0.451. The van der Waals surface area contributed by atoms with Crippen LogP contribution in [0.2, 0.25) is 0 Å². The molecule has 1 saturated heterocycles. The van der Waals surface area contributed by atoms with Crippen molar-refractivity contribution < 1.29 is 14.4 Å². The molecule has 0 unspecified atom stereocenters. The van der Waals surface area contributed by atoms with Gasteiger partial charge < -0.3 is 11.1 Å². The maximum atomic E-state index is 12.1. The summed E-state index contributed by atoms with van der Waals surface area (Å²) in [6, 6.07) is 16.5. The third-order valence-electron chi connectivity index (χ3n) is 4.10. The van der Waals surface area contributed by atoms with Gasteiger partial charge in [0, 0.05) is 0 Å². The van der Waals surface area contributed by atoms with Gasteiger partial charge in [0.25, 0.3) is 0 Å². The number of primary amides is 1. The van der Waals surface area contributed by atoms with Gasteiger partial charge >= 0.3 is 111 Å². The fraction of sp³-hybridized carbons (Fsp3) is 0.211. The topological polar surface area (TPSA) is 92.5 Å². The molecule has 1 atom stereocenters. The van der Waals surface area contributed by atoms with Crippen LogP contribution in [0.15, 0.2) is 54.6 Å². The molecule has 3 N–H and O–H groups in total. The standard InChI is InChI=1S/C14H9NO2Se.C5H10N2O/c16-13-11-8-4-5-9-12(11)14(17)15(13)18-10-6-2-1-3-7-10;6-5(8)4-2-1-3-7-4/h1-9H;4,7H,1-3H2,(H2,6,8)/t;4-/m.0/s1. The van der Waals surface area contributed by atoms with Crippen LogP contribution in [0, 0.1) is 0 Å². The van der Waals surface area contributed by atoms with Crippen LogP contribution in [0.3, 0.4) is 0 Å². The van der Waals surface area contributed by atoms with E-state index in [4.69, 9.17) is 5.73 Å². The second-order valence-electron chi connectivity index (χ2n) is 5.91. The van der Waals surface area contributed by atoms with Crippen molar-refractivity contribution in [3.63, 3.8) is 0 Å². The summed E-state index contributed by atoms with van der Waals surface area (Å²) >= 11 is -0.297. The first-order chi connectivity index (χ1) is 12.6. The number of nitrogens with zero attached hydrogens (tertiary/aromatic N) is 1. The Morgan fingerprint density at radius 3 is 2.04 bits per heavy atom. The van der Waals surface area contributed by atoms with E-state index in [1.807, 2.05) is 30.3 Å². The van der Waals surface area contributed by atoms with Gasteiger partial charge in [-0.2, -0.15) is 0 Å². The van der Waals surface area contributed by atoms with Gasteiger partial charge in [-0.1, -0.05) is 0 Å². The van der Waals surface area contributed by atoms with E-state index in [-0.39, 0.29) is 38.9 Å². The SMILES string of the molecule is NC(=O)[C@@H]1CCCN1.O=C1c2ccccc2C(=O)N1[Se]c1ccccc1. The number of fused-ring (bicyclic) bond motifs is 1. The Kier molecular flexibility index (Phi) is 5.83.